The zero-order valence-corrected chi connectivity index (χ0v) is 19.0. The van der Waals surface area contributed by atoms with Crippen LogP contribution in [0.4, 0.5) is 8.78 Å². The molecule has 0 atom stereocenters. The van der Waals surface area contributed by atoms with E-state index >= 15 is 0 Å². The fourth-order valence-corrected chi connectivity index (χ4v) is 3.18. The monoisotopic (exact) mass is 479 g/mol. The smallest absolute Gasteiger partial charge is 0.387 e. The molecule has 0 aliphatic rings. The Labute approximate surface area is 200 Å². The molecule has 4 aromatic rings. The highest BCUT2D eigenvalue weighted by Gasteiger charge is 2.28. The molecule has 0 amide bonds. The van der Waals surface area contributed by atoms with Gasteiger partial charge in [0.1, 0.15) is 23.9 Å². The molecule has 7 nitrogen and oxygen atoms in total. The van der Waals surface area contributed by atoms with Crippen molar-refractivity contribution in [3.8, 4) is 45.4 Å². The lowest BCUT2D eigenvalue weighted by Gasteiger charge is -2.19. The van der Waals surface area contributed by atoms with Gasteiger partial charge in [-0.3, -0.25) is 9.78 Å². The lowest BCUT2D eigenvalue weighted by Crippen LogP contribution is -2.30. The molecule has 0 saturated heterocycles. The molecule has 35 heavy (non-hydrogen) atoms. The number of nitrogens with one attached hydrogen (secondary N) is 1. The van der Waals surface area contributed by atoms with Gasteiger partial charge < -0.3 is 19.6 Å². The predicted molar refractivity (Wildman–Crippen MR) is 126 cm³/mol. The van der Waals surface area contributed by atoms with Crippen molar-refractivity contribution in [1.29, 1.82) is 0 Å². The highest BCUT2D eigenvalue weighted by molar-refractivity contribution is 5.73. The second kappa shape index (κ2) is 9.92. The molecule has 0 bridgehead atoms. The number of carboxylic acid groups (broad SMARTS) is 1. The first-order valence-corrected chi connectivity index (χ1v) is 10.7. The van der Waals surface area contributed by atoms with E-state index in [1.807, 2.05) is 24.3 Å². The number of hydrogen-bond donors (Lipinski definition) is 2. The number of carbonyl (C=O) groups is 1. The number of H-pyrrole nitrogens is 1. The Morgan fingerprint density at radius 1 is 0.914 bits per heavy atom. The Kier molecular flexibility index (Phi) is 6.77. The summed E-state index contributed by atoms with van der Waals surface area (Å²) in [4.78, 5) is 23.3. The van der Waals surface area contributed by atoms with Crippen molar-refractivity contribution in [3.05, 3.63) is 73.1 Å². The zero-order valence-electron chi connectivity index (χ0n) is 19.0. The number of pyridine rings is 1. The molecule has 9 heteroatoms. The van der Waals surface area contributed by atoms with E-state index in [1.165, 1.54) is 12.1 Å². The SMILES string of the molecule is CC(C)(COc1ccc(-c2ccc(-c3ncc(-c4ccc(OC(F)F)cc4)[nH]3)cn2)cc1)C(=O)O. The summed E-state index contributed by atoms with van der Waals surface area (Å²) in [5.74, 6) is 0.375. The summed E-state index contributed by atoms with van der Waals surface area (Å²) in [5, 5.41) is 9.19. The Morgan fingerprint density at radius 3 is 2.14 bits per heavy atom. The maximum atomic E-state index is 12.3. The summed E-state index contributed by atoms with van der Waals surface area (Å²) < 4.78 is 34.6. The minimum absolute atomic E-state index is 0.0629. The minimum Gasteiger partial charge on any atom is -0.492 e. The third-order valence-electron chi connectivity index (χ3n) is 5.33. The Balaban J connectivity index is 1.42. The van der Waals surface area contributed by atoms with E-state index in [1.54, 1.807) is 50.5 Å². The zero-order chi connectivity index (χ0) is 25.0. The van der Waals surface area contributed by atoms with Crippen molar-refractivity contribution in [3.63, 3.8) is 0 Å². The van der Waals surface area contributed by atoms with Crippen molar-refractivity contribution in [2.24, 2.45) is 5.41 Å². The fraction of sp³-hybridized carbons (Fsp3) is 0.192. The maximum absolute atomic E-state index is 12.3. The fourth-order valence-electron chi connectivity index (χ4n) is 3.18. The molecule has 2 N–H and O–H groups in total. The number of hydrogen-bond acceptors (Lipinski definition) is 5. The number of benzene rings is 2. The molecule has 2 heterocycles. The molecule has 0 fully saturated rings. The molecule has 0 aliphatic heterocycles. The molecule has 0 radical (unpaired) electrons. The van der Waals surface area contributed by atoms with E-state index in [0.717, 1.165) is 28.1 Å². The van der Waals surface area contributed by atoms with Gasteiger partial charge in [-0.05, 0) is 80.1 Å². The number of rotatable bonds is 9. The molecule has 4 rings (SSSR count). The number of imidazole rings is 1. The van der Waals surface area contributed by atoms with Crippen LogP contribution in [0.15, 0.2) is 73.1 Å². The van der Waals surface area contributed by atoms with E-state index < -0.39 is 18.0 Å². The summed E-state index contributed by atoms with van der Waals surface area (Å²) in [7, 11) is 0. The highest BCUT2D eigenvalue weighted by Crippen LogP contribution is 2.27. The molecular weight excluding hydrogens is 456 g/mol. The molecular formula is C26H23F2N3O4. The van der Waals surface area contributed by atoms with Crippen molar-refractivity contribution in [1.82, 2.24) is 15.0 Å². The second-order valence-corrected chi connectivity index (χ2v) is 8.48. The van der Waals surface area contributed by atoms with E-state index in [0.29, 0.717) is 11.6 Å². The van der Waals surface area contributed by atoms with Crippen LogP contribution in [0.3, 0.4) is 0 Å². The number of carboxylic acids is 1. The lowest BCUT2D eigenvalue weighted by atomic mass is 9.95. The van der Waals surface area contributed by atoms with Crippen LogP contribution in [0, 0.1) is 5.41 Å². The summed E-state index contributed by atoms with van der Waals surface area (Å²) in [6.07, 6.45) is 3.37. The van der Waals surface area contributed by atoms with Crippen LogP contribution >= 0.6 is 0 Å². The topological polar surface area (TPSA) is 97.3 Å². The molecule has 0 unspecified atom stereocenters. The first-order chi connectivity index (χ1) is 16.7. The van der Waals surface area contributed by atoms with Gasteiger partial charge in [-0.2, -0.15) is 8.78 Å². The van der Waals surface area contributed by atoms with Crippen LogP contribution in [0.2, 0.25) is 0 Å². The number of aromatic amines is 1. The number of ether oxygens (including phenoxy) is 2. The van der Waals surface area contributed by atoms with Gasteiger partial charge in [0.05, 0.1) is 23.0 Å². The van der Waals surface area contributed by atoms with E-state index in [2.05, 4.69) is 19.7 Å². The van der Waals surface area contributed by atoms with Crippen molar-refractivity contribution >= 4 is 5.97 Å². The summed E-state index contributed by atoms with van der Waals surface area (Å²) >= 11 is 0. The van der Waals surface area contributed by atoms with Gasteiger partial charge in [0.15, 0.2) is 0 Å². The Hall–Kier alpha value is -4.27. The highest BCUT2D eigenvalue weighted by atomic mass is 19.3. The van der Waals surface area contributed by atoms with Gasteiger partial charge in [-0.25, -0.2) is 4.98 Å². The lowest BCUT2D eigenvalue weighted by molar-refractivity contribution is -0.148. The van der Waals surface area contributed by atoms with Crippen molar-refractivity contribution < 1.29 is 28.2 Å². The number of aliphatic carboxylic acids is 1. The van der Waals surface area contributed by atoms with Gasteiger partial charge in [0, 0.05) is 17.3 Å². The van der Waals surface area contributed by atoms with Gasteiger partial charge in [-0.1, -0.05) is 0 Å². The molecule has 180 valence electrons. The third-order valence-corrected chi connectivity index (χ3v) is 5.33. The minimum atomic E-state index is -2.86. The maximum Gasteiger partial charge on any atom is 0.387 e. The molecule has 0 saturated carbocycles. The molecule has 0 aliphatic carbocycles. The quantitative estimate of drug-likeness (QED) is 0.310. The van der Waals surface area contributed by atoms with Crippen molar-refractivity contribution in [2.45, 2.75) is 20.5 Å². The predicted octanol–water partition coefficient (Wildman–Crippen LogP) is 5.90. The van der Waals surface area contributed by atoms with E-state index in [9.17, 15) is 18.7 Å². The average Bonchev–Trinajstić information content (AvgIpc) is 3.34. The van der Waals surface area contributed by atoms with Crippen LogP contribution in [0.5, 0.6) is 11.5 Å². The molecule has 2 aromatic heterocycles. The van der Waals surface area contributed by atoms with Crippen molar-refractivity contribution in [2.75, 3.05) is 6.61 Å². The first-order valence-electron chi connectivity index (χ1n) is 10.7. The standard InChI is InChI=1S/C26H23F2N3O4/c1-26(2,24(32)33)15-34-19-8-3-16(4-9-19)21-12-7-18(13-29-21)23-30-14-22(31-23)17-5-10-20(11-6-17)35-25(27)28/h3-14,25H,15H2,1-2H3,(H,30,31)(H,32,33). The number of halogens is 2. The van der Waals surface area contributed by atoms with Crippen LogP contribution in [0.1, 0.15) is 13.8 Å². The van der Waals surface area contributed by atoms with Gasteiger partial charge >= 0.3 is 12.6 Å². The summed E-state index contributed by atoms with van der Waals surface area (Å²) in [5.41, 5.74) is 2.96. The summed E-state index contributed by atoms with van der Waals surface area (Å²) in [6, 6.07) is 17.3. The molecule has 2 aromatic carbocycles. The van der Waals surface area contributed by atoms with E-state index in [4.69, 9.17) is 4.74 Å². The Bertz CT molecular complexity index is 1290. The van der Waals surface area contributed by atoms with Crippen LogP contribution < -0.4 is 9.47 Å². The normalized spacial score (nSPS) is 11.5. The van der Waals surface area contributed by atoms with E-state index in [-0.39, 0.29) is 12.4 Å². The average molecular weight is 479 g/mol. The Morgan fingerprint density at radius 2 is 1.54 bits per heavy atom. The second-order valence-electron chi connectivity index (χ2n) is 8.48. The van der Waals surface area contributed by atoms with Gasteiger partial charge in [0.2, 0.25) is 0 Å². The molecule has 0 spiro atoms. The number of aromatic nitrogens is 3. The number of nitrogens with zero attached hydrogens (tertiary/aromatic N) is 2. The van der Waals surface area contributed by atoms with Crippen LogP contribution in [-0.4, -0.2) is 39.2 Å². The van der Waals surface area contributed by atoms with Gasteiger partial charge in [0.25, 0.3) is 0 Å². The number of alkyl halides is 2. The summed E-state index contributed by atoms with van der Waals surface area (Å²) in [6.45, 7) is 0.419. The van der Waals surface area contributed by atoms with Crippen LogP contribution in [0.25, 0.3) is 33.9 Å². The third kappa shape index (κ3) is 5.81. The van der Waals surface area contributed by atoms with Gasteiger partial charge in [-0.15, -0.1) is 0 Å². The van der Waals surface area contributed by atoms with Crippen LogP contribution in [-0.2, 0) is 4.79 Å². The first kappa shape index (κ1) is 23.9. The largest absolute Gasteiger partial charge is 0.492 e.